The summed E-state index contributed by atoms with van der Waals surface area (Å²) in [5.74, 6) is 1.29. The third-order valence-corrected chi connectivity index (χ3v) is 4.89. The molecular weight excluding hydrogens is 280 g/mol. The number of nitrogens with one attached hydrogen (secondary N) is 1. The number of carbonyl (C=O) groups excluding carboxylic acids is 1. The van der Waals surface area contributed by atoms with Crippen LogP contribution in [0.15, 0.2) is 18.2 Å². The second kappa shape index (κ2) is 4.88. The van der Waals surface area contributed by atoms with Crippen LogP contribution in [0.5, 0.6) is 11.5 Å². The first kappa shape index (κ1) is 13.9. The van der Waals surface area contributed by atoms with E-state index >= 15 is 0 Å². The minimum Gasteiger partial charge on any atom is -0.449 e. The summed E-state index contributed by atoms with van der Waals surface area (Å²) in [6.07, 6.45) is 2.39. The van der Waals surface area contributed by atoms with Crippen LogP contribution < -0.4 is 14.8 Å². The van der Waals surface area contributed by atoms with Crippen LogP contribution in [0.4, 0.5) is 0 Å². The summed E-state index contributed by atoms with van der Waals surface area (Å²) in [6, 6.07) is 5.67. The topological polar surface area (TPSA) is 50.8 Å². The smallest absolute Gasteiger partial charge is 0.251 e. The van der Waals surface area contributed by atoms with Gasteiger partial charge in [-0.3, -0.25) is 4.79 Å². The Labute approximate surface area is 130 Å². The second-order valence-electron chi connectivity index (χ2n) is 6.98. The van der Waals surface area contributed by atoms with Crippen molar-refractivity contribution in [3.63, 3.8) is 0 Å². The molecule has 0 saturated carbocycles. The molecule has 118 valence electrons. The van der Waals surface area contributed by atoms with Gasteiger partial charge in [-0.25, -0.2) is 0 Å². The number of benzene rings is 1. The van der Waals surface area contributed by atoms with Gasteiger partial charge in [-0.2, -0.15) is 0 Å². The fourth-order valence-electron chi connectivity index (χ4n) is 3.74. The molecule has 1 aromatic rings. The predicted molar refractivity (Wildman–Crippen MR) is 82.2 cm³/mol. The van der Waals surface area contributed by atoms with Crippen LogP contribution in [0.3, 0.4) is 0 Å². The van der Waals surface area contributed by atoms with Crippen LogP contribution >= 0.6 is 0 Å². The number of carbonyl (C=O) groups is 1. The molecule has 5 heteroatoms. The molecule has 2 bridgehead atoms. The molecule has 1 aromatic carbocycles. The Hall–Kier alpha value is -1.75. The summed E-state index contributed by atoms with van der Waals surface area (Å²) < 4.78 is 11.4. The summed E-state index contributed by atoms with van der Waals surface area (Å²) in [4.78, 5) is 15.0. The molecule has 0 aromatic heterocycles. The van der Waals surface area contributed by atoms with Crippen molar-refractivity contribution in [3.8, 4) is 11.5 Å². The minimum atomic E-state index is -0.659. The average Bonchev–Trinajstić information content (AvgIpc) is 2.81. The van der Waals surface area contributed by atoms with Gasteiger partial charge in [-0.15, -0.1) is 0 Å². The third kappa shape index (κ3) is 2.43. The molecule has 0 radical (unpaired) electrons. The van der Waals surface area contributed by atoms with E-state index in [1.54, 1.807) is 12.1 Å². The van der Waals surface area contributed by atoms with Crippen LogP contribution in [0.25, 0.3) is 0 Å². The molecular formula is C17H22N2O3. The third-order valence-electron chi connectivity index (χ3n) is 4.89. The molecule has 1 N–H and O–H groups in total. The summed E-state index contributed by atoms with van der Waals surface area (Å²) >= 11 is 0. The van der Waals surface area contributed by atoms with E-state index in [0.29, 0.717) is 23.0 Å². The lowest BCUT2D eigenvalue weighted by molar-refractivity contribution is -0.0431. The fourth-order valence-corrected chi connectivity index (χ4v) is 3.74. The van der Waals surface area contributed by atoms with Gasteiger partial charge < -0.3 is 19.7 Å². The number of hydrogen-bond acceptors (Lipinski definition) is 4. The zero-order valence-electron chi connectivity index (χ0n) is 13.1. The maximum Gasteiger partial charge on any atom is 0.251 e. The van der Waals surface area contributed by atoms with Gasteiger partial charge in [0.15, 0.2) is 11.5 Å². The Morgan fingerprint density at radius 1 is 1.23 bits per heavy atom. The van der Waals surface area contributed by atoms with Crippen molar-refractivity contribution in [1.29, 1.82) is 0 Å². The lowest BCUT2D eigenvalue weighted by Crippen LogP contribution is -2.57. The molecule has 3 fully saturated rings. The van der Waals surface area contributed by atoms with Gasteiger partial charge in [0.25, 0.3) is 5.91 Å². The molecule has 22 heavy (non-hydrogen) atoms. The number of ether oxygens (including phenoxy) is 2. The first-order valence-corrected chi connectivity index (χ1v) is 8.05. The normalized spacial score (nSPS) is 31.1. The minimum absolute atomic E-state index is 0.0187. The van der Waals surface area contributed by atoms with E-state index in [4.69, 9.17) is 9.47 Å². The number of amides is 1. The van der Waals surface area contributed by atoms with E-state index in [9.17, 15) is 4.79 Å². The summed E-state index contributed by atoms with van der Waals surface area (Å²) in [7, 11) is 0. The number of nitrogens with zero attached hydrogens (tertiary/aromatic N) is 1. The molecule has 4 aliphatic rings. The van der Waals surface area contributed by atoms with Crippen molar-refractivity contribution in [2.75, 3.05) is 19.6 Å². The summed E-state index contributed by atoms with van der Waals surface area (Å²) in [5.41, 5.74) is 0.636. The van der Waals surface area contributed by atoms with Crippen molar-refractivity contribution in [1.82, 2.24) is 10.2 Å². The first-order chi connectivity index (χ1) is 10.5. The second-order valence-corrected chi connectivity index (χ2v) is 6.98. The molecule has 0 aliphatic carbocycles. The van der Waals surface area contributed by atoms with Gasteiger partial charge in [0.1, 0.15) is 0 Å². The SMILES string of the molecule is CC1(C)Oc2ccc(C(=O)NC3CN4CCC3CC4)cc2O1. The Bertz CT molecular complexity index is 606. The highest BCUT2D eigenvalue weighted by molar-refractivity contribution is 5.95. The lowest BCUT2D eigenvalue weighted by atomic mass is 9.84. The van der Waals surface area contributed by atoms with Crippen LogP contribution in [0.1, 0.15) is 37.0 Å². The van der Waals surface area contributed by atoms with Gasteiger partial charge in [0, 0.05) is 32.0 Å². The number of hydrogen-bond donors (Lipinski definition) is 1. The van der Waals surface area contributed by atoms with Crippen molar-refractivity contribution >= 4 is 5.91 Å². The average molecular weight is 302 g/mol. The molecule has 5 rings (SSSR count). The van der Waals surface area contributed by atoms with Crippen LogP contribution in [0, 0.1) is 5.92 Å². The molecule has 4 aliphatic heterocycles. The monoisotopic (exact) mass is 302 g/mol. The van der Waals surface area contributed by atoms with Crippen molar-refractivity contribution in [2.24, 2.45) is 5.92 Å². The summed E-state index contributed by atoms with van der Waals surface area (Å²) in [6.45, 7) is 7.06. The van der Waals surface area contributed by atoms with Crippen molar-refractivity contribution in [3.05, 3.63) is 23.8 Å². The molecule has 4 heterocycles. The van der Waals surface area contributed by atoms with Crippen LogP contribution in [-0.2, 0) is 0 Å². The Morgan fingerprint density at radius 2 is 1.95 bits per heavy atom. The number of piperidine rings is 3. The standard InChI is InChI=1S/C17H22N2O3/c1-17(2)21-14-4-3-12(9-15(14)22-17)16(20)18-13-10-19-7-5-11(13)6-8-19/h3-4,9,11,13H,5-8,10H2,1-2H3,(H,18,20). The largest absolute Gasteiger partial charge is 0.449 e. The van der Waals surface area contributed by atoms with E-state index in [-0.39, 0.29) is 11.9 Å². The van der Waals surface area contributed by atoms with Crippen molar-refractivity contribution < 1.29 is 14.3 Å². The van der Waals surface area contributed by atoms with Gasteiger partial charge in [-0.05, 0) is 50.0 Å². The Balaban J connectivity index is 1.48. The molecule has 3 saturated heterocycles. The quantitative estimate of drug-likeness (QED) is 0.908. The van der Waals surface area contributed by atoms with Crippen molar-refractivity contribution in [2.45, 2.75) is 38.5 Å². The molecule has 0 spiro atoms. The predicted octanol–water partition coefficient (Wildman–Crippen LogP) is 2.02. The van der Waals surface area contributed by atoms with E-state index < -0.39 is 5.79 Å². The zero-order chi connectivity index (χ0) is 15.3. The van der Waals surface area contributed by atoms with Gasteiger partial charge >= 0.3 is 0 Å². The first-order valence-electron chi connectivity index (χ1n) is 8.05. The van der Waals surface area contributed by atoms with Gasteiger partial charge in [0.2, 0.25) is 5.79 Å². The molecule has 1 amide bonds. The highest BCUT2D eigenvalue weighted by Crippen LogP contribution is 2.39. The summed E-state index contributed by atoms with van der Waals surface area (Å²) in [5, 5.41) is 3.20. The molecule has 1 atom stereocenters. The van der Waals surface area contributed by atoms with E-state index in [2.05, 4.69) is 10.2 Å². The highest BCUT2D eigenvalue weighted by Gasteiger charge is 2.36. The molecule has 1 unspecified atom stereocenters. The van der Waals surface area contributed by atoms with Crippen LogP contribution in [0.2, 0.25) is 0 Å². The maximum atomic E-state index is 12.5. The van der Waals surface area contributed by atoms with Gasteiger partial charge in [-0.1, -0.05) is 0 Å². The van der Waals surface area contributed by atoms with Gasteiger partial charge in [0.05, 0.1) is 0 Å². The number of fused-ring (bicyclic) bond motifs is 4. The lowest BCUT2D eigenvalue weighted by Gasteiger charge is -2.44. The maximum absolute atomic E-state index is 12.5. The number of rotatable bonds is 2. The van der Waals surface area contributed by atoms with E-state index in [1.807, 2.05) is 19.9 Å². The van der Waals surface area contributed by atoms with Crippen LogP contribution in [-0.4, -0.2) is 42.3 Å². The zero-order valence-corrected chi connectivity index (χ0v) is 13.1. The van der Waals surface area contributed by atoms with E-state index in [1.165, 1.54) is 25.9 Å². The fraction of sp³-hybridized carbons (Fsp3) is 0.588. The Kier molecular flexibility index (Phi) is 3.08. The highest BCUT2D eigenvalue weighted by atomic mass is 16.7. The Morgan fingerprint density at radius 3 is 2.64 bits per heavy atom. The molecule has 5 nitrogen and oxygen atoms in total. The van der Waals surface area contributed by atoms with E-state index in [0.717, 1.165) is 6.54 Å².